The lowest BCUT2D eigenvalue weighted by atomic mass is 10.3. The number of methoxy groups -OCH3 is 1. The highest BCUT2D eigenvalue weighted by Crippen LogP contribution is 2.44. The smallest absolute Gasteiger partial charge is 0.178 e. The summed E-state index contributed by atoms with van der Waals surface area (Å²) in [7, 11) is 1.67. The van der Waals surface area contributed by atoms with Gasteiger partial charge in [0.25, 0.3) is 0 Å². The molecule has 2 N–H and O–H groups in total. The standard InChI is InChI=1S/C13H21N3O2S/c1-5-16(6-7-17-4)13-12(18-9(2)3)11(15)10(8-14)19-13/h9H,5-7,15H2,1-4H3. The molecule has 0 aliphatic heterocycles. The number of nitrogen functional groups attached to an aromatic ring is 1. The number of hydrogen-bond donors (Lipinski definition) is 1. The SMILES string of the molecule is CCN(CCOC)c1sc(C#N)c(N)c1OC(C)C. The molecule has 6 heteroatoms. The Balaban J connectivity index is 3.12. The first-order chi connectivity index (χ1) is 9.04. The van der Waals surface area contributed by atoms with Gasteiger partial charge in [-0.15, -0.1) is 11.3 Å². The molecule has 0 fully saturated rings. The van der Waals surface area contributed by atoms with Crippen molar-refractivity contribution in [2.24, 2.45) is 0 Å². The van der Waals surface area contributed by atoms with E-state index in [0.717, 1.165) is 18.1 Å². The first kappa shape index (κ1) is 15.6. The molecule has 1 rings (SSSR count). The highest BCUT2D eigenvalue weighted by Gasteiger charge is 2.22. The van der Waals surface area contributed by atoms with E-state index in [1.807, 2.05) is 13.8 Å². The Hall–Kier alpha value is -1.45. The van der Waals surface area contributed by atoms with E-state index in [1.165, 1.54) is 11.3 Å². The highest BCUT2D eigenvalue weighted by atomic mass is 32.1. The summed E-state index contributed by atoms with van der Waals surface area (Å²) in [5.74, 6) is 0.620. The second-order valence-electron chi connectivity index (χ2n) is 4.33. The number of hydrogen-bond acceptors (Lipinski definition) is 6. The molecular weight excluding hydrogens is 262 g/mol. The fraction of sp³-hybridized carbons (Fsp3) is 0.615. The van der Waals surface area contributed by atoms with Crippen LogP contribution in [0.2, 0.25) is 0 Å². The van der Waals surface area contributed by atoms with Crippen LogP contribution in [0.15, 0.2) is 0 Å². The lowest BCUT2D eigenvalue weighted by Crippen LogP contribution is -2.26. The number of anilines is 2. The van der Waals surface area contributed by atoms with Crippen molar-refractivity contribution in [1.29, 1.82) is 5.26 Å². The summed E-state index contributed by atoms with van der Waals surface area (Å²) in [5, 5.41) is 10.0. The Kier molecular flexibility index (Phi) is 5.93. The highest BCUT2D eigenvalue weighted by molar-refractivity contribution is 7.17. The van der Waals surface area contributed by atoms with Gasteiger partial charge in [0.15, 0.2) is 5.75 Å². The average Bonchev–Trinajstić information content (AvgIpc) is 2.68. The van der Waals surface area contributed by atoms with Gasteiger partial charge in [0.2, 0.25) is 0 Å². The summed E-state index contributed by atoms with van der Waals surface area (Å²) in [6.07, 6.45) is 0.0170. The average molecular weight is 283 g/mol. The summed E-state index contributed by atoms with van der Waals surface area (Å²) in [5.41, 5.74) is 6.43. The second-order valence-corrected chi connectivity index (χ2v) is 5.33. The molecule has 0 aliphatic rings. The topological polar surface area (TPSA) is 71.5 Å². The van der Waals surface area contributed by atoms with Gasteiger partial charge in [-0.1, -0.05) is 0 Å². The molecule has 0 spiro atoms. The first-order valence-corrected chi connectivity index (χ1v) is 7.09. The third-order valence-electron chi connectivity index (χ3n) is 2.57. The zero-order valence-corrected chi connectivity index (χ0v) is 12.7. The zero-order valence-electron chi connectivity index (χ0n) is 11.9. The molecule has 0 atom stereocenters. The summed E-state index contributed by atoms with van der Waals surface area (Å²) >= 11 is 1.37. The van der Waals surface area contributed by atoms with Crippen LogP contribution < -0.4 is 15.4 Å². The molecule has 1 heterocycles. The molecule has 0 aromatic carbocycles. The van der Waals surface area contributed by atoms with Crippen molar-refractivity contribution in [2.75, 3.05) is 37.4 Å². The van der Waals surface area contributed by atoms with E-state index < -0.39 is 0 Å². The van der Waals surface area contributed by atoms with Crippen LogP contribution >= 0.6 is 11.3 Å². The van der Waals surface area contributed by atoms with Crippen LogP contribution in [-0.4, -0.2) is 32.9 Å². The summed E-state index contributed by atoms with van der Waals surface area (Å²) in [4.78, 5) is 2.62. The maximum Gasteiger partial charge on any atom is 0.178 e. The molecule has 0 radical (unpaired) electrons. The quantitative estimate of drug-likeness (QED) is 0.832. The minimum Gasteiger partial charge on any atom is -0.486 e. The van der Waals surface area contributed by atoms with Crippen molar-refractivity contribution in [3.05, 3.63) is 4.88 Å². The Morgan fingerprint density at radius 3 is 2.63 bits per heavy atom. The van der Waals surface area contributed by atoms with Gasteiger partial charge in [0.05, 0.1) is 12.7 Å². The van der Waals surface area contributed by atoms with Crippen molar-refractivity contribution >= 4 is 22.0 Å². The third-order valence-corrected chi connectivity index (χ3v) is 3.72. The third kappa shape index (κ3) is 3.75. The van der Waals surface area contributed by atoms with E-state index in [4.69, 9.17) is 20.5 Å². The van der Waals surface area contributed by atoms with Gasteiger partial charge in [0.1, 0.15) is 21.6 Å². The van der Waals surface area contributed by atoms with Crippen molar-refractivity contribution in [3.8, 4) is 11.8 Å². The predicted octanol–water partition coefficient (Wildman–Crippen LogP) is 2.46. The Morgan fingerprint density at radius 2 is 2.16 bits per heavy atom. The molecule has 0 amide bonds. The number of rotatable bonds is 7. The molecule has 0 unspecified atom stereocenters. The van der Waals surface area contributed by atoms with Gasteiger partial charge in [-0.25, -0.2) is 0 Å². The van der Waals surface area contributed by atoms with Gasteiger partial charge >= 0.3 is 0 Å². The van der Waals surface area contributed by atoms with Crippen LogP contribution in [0.25, 0.3) is 0 Å². The van der Waals surface area contributed by atoms with E-state index in [1.54, 1.807) is 7.11 Å². The maximum atomic E-state index is 9.10. The van der Waals surface area contributed by atoms with Gasteiger partial charge in [-0.3, -0.25) is 0 Å². The molecule has 106 valence electrons. The van der Waals surface area contributed by atoms with Gasteiger partial charge in [-0.05, 0) is 20.8 Å². The molecule has 1 aromatic rings. The summed E-state index contributed by atoms with van der Waals surface area (Å²) in [6, 6.07) is 2.12. The predicted molar refractivity (Wildman–Crippen MR) is 79.0 cm³/mol. The summed E-state index contributed by atoms with van der Waals surface area (Å²) < 4.78 is 10.9. The van der Waals surface area contributed by atoms with Crippen LogP contribution in [0.1, 0.15) is 25.6 Å². The van der Waals surface area contributed by atoms with E-state index in [0.29, 0.717) is 22.9 Å². The molecule has 1 aromatic heterocycles. The van der Waals surface area contributed by atoms with E-state index in [-0.39, 0.29) is 6.10 Å². The zero-order chi connectivity index (χ0) is 14.4. The number of nitriles is 1. The van der Waals surface area contributed by atoms with Crippen LogP contribution in [0.3, 0.4) is 0 Å². The lowest BCUT2D eigenvalue weighted by molar-refractivity contribution is 0.205. The van der Waals surface area contributed by atoms with Crippen molar-refractivity contribution in [3.63, 3.8) is 0 Å². The number of thiophene rings is 1. The van der Waals surface area contributed by atoms with Gasteiger partial charge < -0.3 is 20.1 Å². The first-order valence-electron chi connectivity index (χ1n) is 6.28. The second kappa shape index (κ2) is 7.22. The van der Waals surface area contributed by atoms with Crippen LogP contribution in [-0.2, 0) is 4.74 Å². The molecule has 0 bridgehead atoms. The van der Waals surface area contributed by atoms with Gasteiger partial charge in [0, 0.05) is 20.2 Å². The van der Waals surface area contributed by atoms with E-state index in [2.05, 4.69) is 17.9 Å². The van der Waals surface area contributed by atoms with Gasteiger partial charge in [-0.2, -0.15) is 5.26 Å². The molecule has 5 nitrogen and oxygen atoms in total. The summed E-state index contributed by atoms with van der Waals surface area (Å²) in [6.45, 7) is 8.11. The number of likely N-dealkylation sites (N-methyl/N-ethyl adjacent to an activating group) is 1. The van der Waals surface area contributed by atoms with E-state index >= 15 is 0 Å². The fourth-order valence-corrected chi connectivity index (χ4v) is 2.70. The van der Waals surface area contributed by atoms with Crippen molar-refractivity contribution in [2.45, 2.75) is 26.9 Å². The Morgan fingerprint density at radius 1 is 1.47 bits per heavy atom. The molecular formula is C13H21N3O2S. The number of nitrogens with zero attached hydrogens (tertiary/aromatic N) is 2. The minimum atomic E-state index is 0.0170. The number of ether oxygens (including phenoxy) is 2. The lowest BCUT2D eigenvalue weighted by Gasteiger charge is -2.23. The monoisotopic (exact) mass is 283 g/mol. The Labute approximate surface area is 118 Å². The normalized spacial score (nSPS) is 10.5. The Bertz CT molecular complexity index is 451. The van der Waals surface area contributed by atoms with Crippen LogP contribution in [0, 0.1) is 11.3 Å². The molecule has 0 saturated heterocycles. The fourth-order valence-electron chi connectivity index (χ4n) is 1.66. The van der Waals surface area contributed by atoms with E-state index in [9.17, 15) is 0 Å². The molecule has 19 heavy (non-hydrogen) atoms. The number of nitrogens with two attached hydrogens (primary N) is 1. The largest absolute Gasteiger partial charge is 0.486 e. The van der Waals surface area contributed by atoms with Crippen LogP contribution in [0.4, 0.5) is 10.7 Å². The molecule has 0 saturated carbocycles. The van der Waals surface area contributed by atoms with Crippen LogP contribution in [0.5, 0.6) is 5.75 Å². The minimum absolute atomic E-state index is 0.0170. The molecule has 0 aliphatic carbocycles. The maximum absolute atomic E-state index is 9.10. The van der Waals surface area contributed by atoms with Crippen molar-refractivity contribution < 1.29 is 9.47 Å². The van der Waals surface area contributed by atoms with Crippen molar-refractivity contribution in [1.82, 2.24) is 0 Å².